The molecular weight excluding hydrogens is 310 g/mol. The maximum atomic E-state index is 12.4. The minimum absolute atomic E-state index is 0.120. The van der Waals surface area contributed by atoms with E-state index in [9.17, 15) is 4.79 Å². The molecule has 6 heteroatoms. The standard InChI is InChI=1S/C17H21N3O2S/c1-9-6-16(22-20-9)19-17(21)12-8-15(23-10(12)2)13-7-14(13)18-11-4-3-5-11/h6,8,11,13-14,18H,3-5,7H2,1-2H3,(H,19,21). The van der Waals surface area contributed by atoms with Gasteiger partial charge < -0.3 is 9.84 Å². The number of anilines is 1. The zero-order chi connectivity index (χ0) is 16.0. The van der Waals surface area contributed by atoms with Gasteiger partial charge in [-0.1, -0.05) is 11.6 Å². The van der Waals surface area contributed by atoms with E-state index < -0.39 is 0 Å². The molecule has 5 nitrogen and oxygen atoms in total. The molecule has 2 aliphatic rings. The largest absolute Gasteiger partial charge is 0.338 e. The summed E-state index contributed by atoms with van der Waals surface area (Å²) < 4.78 is 5.05. The first-order valence-electron chi connectivity index (χ1n) is 8.21. The highest BCUT2D eigenvalue weighted by Gasteiger charge is 2.41. The Bertz CT molecular complexity index is 732. The lowest BCUT2D eigenvalue weighted by Gasteiger charge is -2.26. The number of hydrogen-bond donors (Lipinski definition) is 2. The molecule has 4 rings (SSSR count). The summed E-state index contributed by atoms with van der Waals surface area (Å²) in [6.45, 7) is 3.83. The molecule has 2 heterocycles. The third kappa shape index (κ3) is 3.05. The van der Waals surface area contributed by atoms with Gasteiger partial charge in [-0.15, -0.1) is 11.3 Å². The van der Waals surface area contributed by atoms with E-state index >= 15 is 0 Å². The van der Waals surface area contributed by atoms with Gasteiger partial charge in [0.2, 0.25) is 5.88 Å². The maximum Gasteiger partial charge on any atom is 0.259 e. The molecular formula is C17H21N3O2S. The van der Waals surface area contributed by atoms with Crippen molar-refractivity contribution in [1.29, 1.82) is 0 Å². The summed E-state index contributed by atoms with van der Waals surface area (Å²) in [5.41, 5.74) is 1.50. The third-order valence-corrected chi connectivity index (χ3v) is 5.94. The summed E-state index contributed by atoms with van der Waals surface area (Å²) in [4.78, 5) is 14.8. The lowest BCUT2D eigenvalue weighted by atomic mass is 9.93. The van der Waals surface area contributed by atoms with Gasteiger partial charge in [0.05, 0.1) is 11.3 Å². The molecule has 2 aromatic rings. The Morgan fingerprint density at radius 3 is 2.83 bits per heavy atom. The highest BCUT2D eigenvalue weighted by Crippen LogP contribution is 2.45. The van der Waals surface area contributed by atoms with Crippen LogP contribution in [0.5, 0.6) is 0 Å². The predicted octanol–water partition coefficient (Wildman–Crippen LogP) is 3.60. The van der Waals surface area contributed by atoms with Crippen LogP contribution in [-0.2, 0) is 0 Å². The molecule has 122 valence electrons. The van der Waals surface area contributed by atoms with Crippen LogP contribution < -0.4 is 10.6 Å². The zero-order valence-corrected chi connectivity index (χ0v) is 14.2. The third-order valence-electron chi connectivity index (χ3n) is 4.76. The molecule has 2 aromatic heterocycles. The molecule has 0 bridgehead atoms. The molecule has 0 saturated heterocycles. The average Bonchev–Trinajstić information content (AvgIpc) is 2.96. The van der Waals surface area contributed by atoms with Crippen molar-refractivity contribution in [3.63, 3.8) is 0 Å². The second-order valence-corrected chi connectivity index (χ2v) is 7.94. The van der Waals surface area contributed by atoms with Crippen molar-refractivity contribution in [2.45, 2.75) is 57.5 Å². The van der Waals surface area contributed by atoms with Gasteiger partial charge in [0, 0.05) is 33.8 Å². The number of aryl methyl sites for hydroxylation is 2. The molecule has 1 amide bonds. The van der Waals surface area contributed by atoms with Gasteiger partial charge in [-0.25, -0.2) is 0 Å². The van der Waals surface area contributed by atoms with Crippen LogP contribution in [0.15, 0.2) is 16.7 Å². The Morgan fingerprint density at radius 2 is 2.17 bits per heavy atom. The number of hydrogen-bond acceptors (Lipinski definition) is 5. The van der Waals surface area contributed by atoms with Crippen LogP contribution in [0.4, 0.5) is 5.88 Å². The fourth-order valence-corrected chi connectivity index (χ4v) is 4.29. The number of nitrogens with one attached hydrogen (secondary N) is 2. The van der Waals surface area contributed by atoms with Crippen molar-refractivity contribution >= 4 is 23.1 Å². The summed E-state index contributed by atoms with van der Waals surface area (Å²) >= 11 is 1.74. The first kappa shape index (κ1) is 14.9. The SMILES string of the molecule is Cc1cc(NC(=O)c2cc(C3CC3NC3CCC3)sc2C)on1. The number of nitrogens with zero attached hydrogens (tertiary/aromatic N) is 1. The van der Waals surface area contributed by atoms with Crippen LogP contribution in [0.25, 0.3) is 0 Å². The molecule has 0 radical (unpaired) electrons. The van der Waals surface area contributed by atoms with Gasteiger partial charge in [0.15, 0.2) is 0 Å². The second kappa shape index (κ2) is 5.76. The first-order valence-corrected chi connectivity index (χ1v) is 9.03. The number of amides is 1. The minimum Gasteiger partial charge on any atom is -0.338 e. The van der Waals surface area contributed by atoms with E-state index in [1.54, 1.807) is 17.4 Å². The van der Waals surface area contributed by atoms with E-state index in [-0.39, 0.29) is 5.91 Å². The molecule has 0 aliphatic heterocycles. The Labute approximate surface area is 139 Å². The van der Waals surface area contributed by atoms with Crippen molar-refractivity contribution in [2.75, 3.05) is 5.32 Å². The number of aromatic nitrogens is 1. The van der Waals surface area contributed by atoms with Gasteiger partial charge in [0.25, 0.3) is 5.91 Å². The molecule has 2 fully saturated rings. The Hall–Kier alpha value is -1.66. The molecule has 0 aromatic carbocycles. The van der Waals surface area contributed by atoms with Gasteiger partial charge in [-0.05, 0) is 39.2 Å². The maximum absolute atomic E-state index is 12.4. The molecule has 2 atom stereocenters. The van der Waals surface area contributed by atoms with E-state index in [4.69, 9.17) is 4.52 Å². The predicted molar refractivity (Wildman–Crippen MR) is 90.2 cm³/mol. The number of thiophene rings is 1. The molecule has 2 N–H and O–H groups in total. The summed E-state index contributed by atoms with van der Waals surface area (Å²) in [6.07, 6.45) is 5.19. The summed E-state index contributed by atoms with van der Waals surface area (Å²) in [7, 11) is 0. The quantitative estimate of drug-likeness (QED) is 0.878. The van der Waals surface area contributed by atoms with Crippen LogP contribution in [0.1, 0.15) is 57.4 Å². The minimum atomic E-state index is -0.120. The van der Waals surface area contributed by atoms with Crippen molar-refractivity contribution in [2.24, 2.45) is 0 Å². The molecule has 2 aliphatic carbocycles. The highest BCUT2D eigenvalue weighted by atomic mass is 32.1. The van der Waals surface area contributed by atoms with Crippen molar-refractivity contribution < 1.29 is 9.32 Å². The Morgan fingerprint density at radius 1 is 1.35 bits per heavy atom. The number of carbonyl (C=O) groups is 1. The van der Waals surface area contributed by atoms with E-state index in [1.165, 1.54) is 30.6 Å². The summed E-state index contributed by atoms with van der Waals surface area (Å²) in [6, 6.07) is 5.10. The van der Waals surface area contributed by atoms with Crippen LogP contribution in [-0.4, -0.2) is 23.1 Å². The second-order valence-electron chi connectivity index (χ2n) is 6.65. The van der Waals surface area contributed by atoms with Crippen molar-refractivity contribution in [3.05, 3.63) is 33.1 Å². The van der Waals surface area contributed by atoms with Gasteiger partial charge in [-0.3, -0.25) is 10.1 Å². The van der Waals surface area contributed by atoms with Gasteiger partial charge in [-0.2, -0.15) is 0 Å². The van der Waals surface area contributed by atoms with Crippen LogP contribution in [0.2, 0.25) is 0 Å². The Kier molecular flexibility index (Phi) is 3.73. The molecule has 2 unspecified atom stereocenters. The van der Waals surface area contributed by atoms with Crippen LogP contribution >= 0.6 is 11.3 Å². The van der Waals surface area contributed by atoms with Crippen LogP contribution in [0.3, 0.4) is 0 Å². The zero-order valence-electron chi connectivity index (χ0n) is 13.4. The van der Waals surface area contributed by atoms with E-state index in [0.29, 0.717) is 17.8 Å². The Balaban J connectivity index is 1.41. The fraction of sp³-hybridized carbons (Fsp3) is 0.529. The van der Waals surface area contributed by atoms with Crippen molar-refractivity contribution in [3.8, 4) is 0 Å². The molecule has 23 heavy (non-hydrogen) atoms. The average molecular weight is 331 g/mol. The lowest BCUT2D eigenvalue weighted by Crippen LogP contribution is -2.37. The monoisotopic (exact) mass is 331 g/mol. The van der Waals surface area contributed by atoms with Crippen LogP contribution in [0, 0.1) is 13.8 Å². The van der Waals surface area contributed by atoms with Crippen molar-refractivity contribution in [1.82, 2.24) is 10.5 Å². The number of rotatable bonds is 5. The summed E-state index contributed by atoms with van der Waals surface area (Å²) in [5.74, 6) is 0.856. The number of carbonyl (C=O) groups excluding carboxylic acids is 1. The topological polar surface area (TPSA) is 67.2 Å². The molecule has 2 saturated carbocycles. The normalized spacial score (nSPS) is 23.6. The fourth-order valence-electron chi connectivity index (χ4n) is 3.09. The first-order chi connectivity index (χ1) is 11.1. The smallest absolute Gasteiger partial charge is 0.259 e. The van der Waals surface area contributed by atoms with Gasteiger partial charge >= 0.3 is 0 Å². The lowest BCUT2D eigenvalue weighted by molar-refractivity contribution is 0.102. The van der Waals surface area contributed by atoms with E-state index in [1.807, 2.05) is 19.9 Å². The molecule has 0 spiro atoms. The highest BCUT2D eigenvalue weighted by molar-refractivity contribution is 7.12. The van der Waals surface area contributed by atoms with Gasteiger partial charge in [0.1, 0.15) is 0 Å². The van der Waals surface area contributed by atoms with E-state index in [0.717, 1.165) is 22.2 Å². The summed E-state index contributed by atoms with van der Waals surface area (Å²) in [5, 5.41) is 10.3. The van der Waals surface area contributed by atoms with E-state index in [2.05, 4.69) is 15.8 Å².